The molecule has 276 valence electrons. The maximum atomic E-state index is 12.8. The molecule has 0 aliphatic heterocycles. The number of hydrogen-bond acceptors (Lipinski definition) is 8. The van der Waals surface area contributed by atoms with Crippen molar-refractivity contribution in [1.29, 1.82) is 0 Å². The monoisotopic (exact) mass is 684 g/mol. The van der Waals surface area contributed by atoms with Gasteiger partial charge in [-0.3, -0.25) is 4.79 Å². The van der Waals surface area contributed by atoms with Crippen LogP contribution in [0.15, 0.2) is 36.5 Å². The lowest BCUT2D eigenvalue weighted by Gasteiger charge is -2.71. The van der Waals surface area contributed by atoms with Gasteiger partial charge in [0.25, 0.3) is 0 Å². The summed E-state index contributed by atoms with van der Waals surface area (Å²) in [5.74, 6) is -0.665. The molecule has 13 atom stereocenters. The van der Waals surface area contributed by atoms with E-state index in [-0.39, 0.29) is 65.5 Å². The summed E-state index contributed by atoms with van der Waals surface area (Å²) in [7, 11) is 0. The lowest BCUT2D eigenvalue weighted by Crippen LogP contribution is -2.72. The fourth-order valence-electron chi connectivity index (χ4n) is 12.2. The smallest absolute Gasteiger partial charge is 0.333 e. The van der Waals surface area contributed by atoms with E-state index in [0.29, 0.717) is 31.3 Å². The summed E-state index contributed by atoms with van der Waals surface area (Å²) in [4.78, 5) is 25.5. The normalized spacial score (nSPS) is 47.4. The van der Waals surface area contributed by atoms with Gasteiger partial charge in [0.15, 0.2) is 0 Å². The van der Waals surface area contributed by atoms with Crippen LogP contribution in [0.3, 0.4) is 0 Å². The maximum Gasteiger partial charge on any atom is 0.333 e. The highest BCUT2D eigenvalue weighted by Gasteiger charge is 2.73. The van der Waals surface area contributed by atoms with Gasteiger partial charge in [0.05, 0.1) is 36.4 Å². The lowest BCUT2D eigenvalue weighted by atomic mass is 9.34. The van der Waals surface area contributed by atoms with E-state index in [1.54, 1.807) is 19.1 Å². The molecule has 0 saturated heterocycles. The van der Waals surface area contributed by atoms with Crippen LogP contribution in [-0.4, -0.2) is 70.0 Å². The Balaban J connectivity index is 1.53. The Hall–Kier alpha value is -2.00. The second-order valence-electron chi connectivity index (χ2n) is 18.3. The van der Waals surface area contributed by atoms with Crippen molar-refractivity contribution < 1.29 is 39.5 Å². The Morgan fingerprint density at radius 3 is 2.22 bits per heavy atom. The molecule has 0 spiro atoms. The number of esters is 2. The molecule has 0 heterocycles. The number of rotatable bonds is 8. The van der Waals surface area contributed by atoms with E-state index in [9.17, 15) is 30.0 Å². The van der Waals surface area contributed by atoms with Gasteiger partial charge in [-0.05, 0) is 111 Å². The molecular weight excluding hydrogens is 620 g/mol. The first-order valence-corrected chi connectivity index (χ1v) is 18.8. The summed E-state index contributed by atoms with van der Waals surface area (Å²) < 4.78 is 11.7. The SMILES string of the molecule is C=CCCC(=O)OC[C@@]12C(CC(C)(C)[C@@H](O)[C@@H]1O)C1C=CCC3[C@@]4(C)CC[C@H](O)[C@](C)(COC(=O)/C(C)=C/C)C4CC[C@@]3(C)[C@]1(C)C[C@H]2O. The van der Waals surface area contributed by atoms with E-state index >= 15 is 0 Å². The molecule has 5 rings (SSSR count). The van der Waals surface area contributed by atoms with Gasteiger partial charge < -0.3 is 29.9 Å². The van der Waals surface area contributed by atoms with Crippen molar-refractivity contribution in [3.63, 3.8) is 0 Å². The van der Waals surface area contributed by atoms with Crippen molar-refractivity contribution in [3.8, 4) is 0 Å². The Morgan fingerprint density at radius 2 is 1.57 bits per heavy atom. The lowest BCUT2D eigenvalue weighted by molar-refractivity contribution is -0.289. The Morgan fingerprint density at radius 1 is 0.878 bits per heavy atom. The molecule has 4 N–H and O–H groups in total. The zero-order chi connectivity index (χ0) is 36.4. The summed E-state index contributed by atoms with van der Waals surface area (Å²) in [5.41, 5.74) is -2.63. The van der Waals surface area contributed by atoms with Gasteiger partial charge >= 0.3 is 11.9 Å². The summed E-state index contributed by atoms with van der Waals surface area (Å²) >= 11 is 0. The third-order valence-electron chi connectivity index (χ3n) is 15.6. The second-order valence-corrected chi connectivity index (χ2v) is 18.3. The van der Waals surface area contributed by atoms with Crippen LogP contribution < -0.4 is 0 Å². The summed E-state index contributed by atoms with van der Waals surface area (Å²) in [5, 5.41) is 47.4. The molecule has 4 fully saturated rings. The molecule has 0 aromatic carbocycles. The summed E-state index contributed by atoms with van der Waals surface area (Å²) in [6, 6.07) is 0. The minimum Gasteiger partial charge on any atom is -0.465 e. The highest BCUT2D eigenvalue weighted by molar-refractivity contribution is 5.87. The molecule has 0 amide bonds. The minimum absolute atomic E-state index is 0.0373. The predicted octanol–water partition coefficient (Wildman–Crippen LogP) is 6.31. The zero-order valence-corrected chi connectivity index (χ0v) is 31.3. The van der Waals surface area contributed by atoms with Gasteiger partial charge in [0.2, 0.25) is 0 Å². The van der Waals surface area contributed by atoms with Gasteiger partial charge in [0.1, 0.15) is 6.61 Å². The maximum absolute atomic E-state index is 12.8. The molecule has 5 aliphatic carbocycles. The number of allylic oxidation sites excluding steroid dienone is 4. The molecule has 4 unspecified atom stereocenters. The molecule has 4 saturated carbocycles. The highest BCUT2D eigenvalue weighted by atomic mass is 16.5. The van der Waals surface area contributed by atoms with E-state index in [0.717, 1.165) is 25.7 Å². The number of aliphatic hydroxyl groups is 4. The van der Waals surface area contributed by atoms with E-state index in [2.05, 4.69) is 46.4 Å². The van der Waals surface area contributed by atoms with Crippen molar-refractivity contribution in [2.24, 2.45) is 56.2 Å². The standard InChI is InChI=1S/C41H64O8/c1-10-12-16-32(44)48-24-41-27(21-36(4,5)33(45)34(41)46)26-14-13-15-29-37(6)19-18-30(42)38(7,23-49-35(47)25(3)11-2)28(37)17-20-39(29,8)40(26,9)22-31(41)43/h10-11,13-14,26-31,33-34,42-43,45-46H,1,12,15-24H2,2-9H3/b25-11+/t26?,27?,28?,29?,30-,31+,33-,34-,37-,38+,39+,40+,41-/m0/s1. The van der Waals surface area contributed by atoms with Crippen LogP contribution in [0.1, 0.15) is 113 Å². The van der Waals surface area contributed by atoms with Crippen molar-refractivity contribution in [2.75, 3.05) is 13.2 Å². The largest absolute Gasteiger partial charge is 0.465 e. The van der Waals surface area contributed by atoms with Crippen LogP contribution >= 0.6 is 0 Å². The predicted molar refractivity (Wildman–Crippen MR) is 189 cm³/mol. The van der Waals surface area contributed by atoms with E-state index < -0.39 is 46.6 Å². The first-order valence-electron chi connectivity index (χ1n) is 18.8. The second kappa shape index (κ2) is 13.2. The first kappa shape index (κ1) is 38.2. The molecule has 49 heavy (non-hydrogen) atoms. The molecule has 5 aliphatic rings. The highest BCUT2D eigenvalue weighted by Crippen LogP contribution is 2.75. The van der Waals surface area contributed by atoms with Gasteiger partial charge in [-0.1, -0.05) is 65.8 Å². The number of fused-ring (bicyclic) bond motifs is 7. The Labute approximate surface area is 294 Å². The Bertz CT molecular complexity index is 1350. The van der Waals surface area contributed by atoms with Crippen LogP contribution in [0.2, 0.25) is 0 Å². The third kappa shape index (κ3) is 5.70. The quantitative estimate of drug-likeness (QED) is 0.133. The van der Waals surface area contributed by atoms with Crippen molar-refractivity contribution in [3.05, 3.63) is 36.5 Å². The van der Waals surface area contributed by atoms with Gasteiger partial charge in [-0.25, -0.2) is 4.79 Å². The average molecular weight is 685 g/mol. The van der Waals surface area contributed by atoms with Crippen LogP contribution in [0, 0.1) is 56.2 Å². The average Bonchev–Trinajstić information content (AvgIpc) is 3.16. The number of ether oxygens (including phenoxy) is 2. The molecule has 8 nitrogen and oxygen atoms in total. The van der Waals surface area contributed by atoms with Crippen molar-refractivity contribution >= 4 is 11.9 Å². The number of hydrogen-bond donors (Lipinski definition) is 4. The number of aliphatic hydroxyl groups excluding tert-OH is 4. The third-order valence-corrected chi connectivity index (χ3v) is 15.6. The molecule has 0 aromatic heterocycles. The summed E-state index contributed by atoms with van der Waals surface area (Å²) in [6.45, 7) is 20.5. The molecule has 0 radical (unpaired) electrons. The topological polar surface area (TPSA) is 134 Å². The van der Waals surface area contributed by atoms with Crippen LogP contribution in [0.4, 0.5) is 0 Å². The van der Waals surface area contributed by atoms with Crippen molar-refractivity contribution in [2.45, 2.75) is 138 Å². The van der Waals surface area contributed by atoms with Gasteiger partial charge in [-0.15, -0.1) is 6.58 Å². The minimum atomic E-state index is -1.27. The van der Waals surface area contributed by atoms with Crippen LogP contribution in [0.5, 0.6) is 0 Å². The van der Waals surface area contributed by atoms with Crippen LogP contribution in [0.25, 0.3) is 0 Å². The molecule has 8 heteroatoms. The summed E-state index contributed by atoms with van der Waals surface area (Å²) in [6.07, 6.45) is 9.82. The molecular formula is C41H64O8. The van der Waals surface area contributed by atoms with Crippen LogP contribution in [-0.2, 0) is 19.1 Å². The fraction of sp³-hybridized carbons (Fsp3) is 0.805. The van der Waals surface area contributed by atoms with Gasteiger partial charge in [0, 0.05) is 17.4 Å². The Kier molecular flexibility index (Phi) is 10.3. The zero-order valence-electron chi connectivity index (χ0n) is 31.3. The molecule has 0 aromatic rings. The van der Waals surface area contributed by atoms with Crippen molar-refractivity contribution in [1.82, 2.24) is 0 Å². The van der Waals surface area contributed by atoms with E-state index in [1.165, 1.54) is 0 Å². The molecule has 0 bridgehead atoms. The first-order chi connectivity index (χ1) is 22.8. The fourth-order valence-corrected chi connectivity index (χ4v) is 12.2. The van der Waals surface area contributed by atoms with Gasteiger partial charge in [-0.2, -0.15) is 0 Å². The van der Waals surface area contributed by atoms with E-state index in [1.807, 2.05) is 20.8 Å². The number of carbonyl (C=O) groups is 2. The van der Waals surface area contributed by atoms with E-state index in [4.69, 9.17) is 9.47 Å². The number of carbonyl (C=O) groups excluding carboxylic acids is 2.